The molecule has 2 nitrogen and oxygen atoms in total. The summed E-state index contributed by atoms with van der Waals surface area (Å²) in [6.45, 7) is 10.9. The smallest absolute Gasteiger partial charge is 0.0804 e. The second-order valence-electron chi connectivity index (χ2n) is 5.29. The van der Waals surface area contributed by atoms with Crippen LogP contribution in [0, 0.1) is 29.6 Å². The molecule has 0 saturated carbocycles. The van der Waals surface area contributed by atoms with Gasteiger partial charge in [0.25, 0.3) is 0 Å². The van der Waals surface area contributed by atoms with Gasteiger partial charge in [0.05, 0.1) is 19.7 Å². The summed E-state index contributed by atoms with van der Waals surface area (Å²) in [5.41, 5.74) is 2.34. The van der Waals surface area contributed by atoms with Crippen LogP contribution in [-0.4, -0.2) is 19.7 Å². The monoisotopic (exact) mass is 283 g/mol. The van der Waals surface area contributed by atoms with Crippen molar-refractivity contribution in [3.8, 4) is 23.7 Å². The van der Waals surface area contributed by atoms with Gasteiger partial charge in [-0.1, -0.05) is 37.8 Å². The summed E-state index contributed by atoms with van der Waals surface area (Å²) in [7, 11) is 0. The van der Waals surface area contributed by atoms with Crippen LogP contribution in [0.15, 0.2) is 24.3 Å². The standard InChI is InChI=1S/C19H25NO/c1-5-7-13-20(14-8-6-2)19-11-9-18(10-12-19)16-21-15-17(3)4/h9-12,17H,13-16H2,1-4H3. The van der Waals surface area contributed by atoms with E-state index in [1.165, 1.54) is 5.56 Å². The molecule has 0 aromatic heterocycles. The fourth-order valence-electron chi connectivity index (χ4n) is 1.80. The van der Waals surface area contributed by atoms with Crippen LogP contribution in [0.2, 0.25) is 0 Å². The molecule has 0 amide bonds. The van der Waals surface area contributed by atoms with Gasteiger partial charge in [-0.3, -0.25) is 0 Å². The van der Waals surface area contributed by atoms with Crippen molar-refractivity contribution in [2.24, 2.45) is 5.92 Å². The number of hydrogen-bond acceptors (Lipinski definition) is 2. The molecule has 0 radical (unpaired) electrons. The number of ether oxygens (including phenoxy) is 1. The van der Waals surface area contributed by atoms with Gasteiger partial charge in [-0.2, -0.15) is 0 Å². The molecular formula is C19H25NO. The molecule has 112 valence electrons. The molecule has 0 aliphatic rings. The van der Waals surface area contributed by atoms with Crippen molar-refractivity contribution in [1.29, 1.82) is 0 Å². The van der Waals surface area contributed by atoms with Crippen molar-refractivity contribution >= 4 is 5.69 Å². The third-order valence-electron chi connectivity index (χ3n) is 2.91. The molecule has 0 spiro atoms. The average molecular weight is 283 g/mol. The third kappa shape index (κ3) is 6.89. The van der Waals surface area contributed by atoms with Crippen LogP contribution in [0.3, 0.4) is 0 Å². The Bertz CT molecular complexity index is 501. The summed E-state index contributed by atoms with van der Waals surface area (Å²) in [5.74, 6) is 12.6. The van der Waals surface area contributed by atoms with E-state index < -0.39 is 0 Å². The van der Waals surface area contributed by atoms with Gasteiger partial charge in [0.1, 0.15) is 0 Å². The van der Waals surface area contributed by atoms with Gasteiger partial charge in [-0.25, -0.2) is 0 Å². The summed E-state index contributed by atoms with van der Waals surface area (Å²) in [4.78, 5) is 2.17. The Balaban J connectivity index is 2.66. The largest absolute Gasteiger partial charge is 0.377 e. The summed E-state index contributed by atoms with van der Waals surface area (Å²) in [5, 5.41) is 0. The van der Waals surface area contributed by atoms with E-state index in [1.807, 2.05) is 13.8 Å². The molecule has 0 bridgehead atoms. The highest BCUT2D eigenvalue weighted by atomic mass is 16.5. The first-order valence-corrected chi connectivity index (χ1v) is 7.38. The molecule has 1 aromatic rings. The van der Waals surface area contributed by atoms with E-state index in [9.17, 15) is 0 Å². The zero-order chi connectivity index (χ0) is 15.5. The molecule has 0 aliphatic carbocycles. The lowest BCUT2D eigenvalue weighted by Gasteiger charge is -2.20. The van der Waals surface area contributed by atoms with Crippen molar-refractivity contribution in [2.75, 3.05) is 24.6 Å². The van der Waals surface area contributed by atoms with Crippen molar-refractivity contribution in [3.63, 3.8) is 0 Å². The van der Waals surface area contributed by atoms with Gasteiger partial charge in [0, 0.05) is 12.3 Å². The maximum atomic E-state index is 5.65. The molecule has 1 aromatic carbocycles. The van der Waals surface area contributed by atoms with Crippen LogP contribution < -0.4 is 4.90 Å². The molecule has 2 heteroatoms. The number of anilines is 1. The Morgan fingerprint density at radius 1 is 1.00 bits per heavy atom. The minimum atomic E-state index is 0.569. The summed E-state index contributed by atoms with van der Waals surface area (Å²) >= 11 is 0. The second-order valence-corrected chi connectivity index (χ2v) is 5.29. The van der Waals surface area contributed by atoms with Crippen molar-refractivity contribution in [2.45, 2.75) is 34.3 Å². The molecular weight excluding hydrogens is 258 g/mol. The predicted molar refractivity (Wildman–Crippen MR) is 90.0 cm³/mol. The van der Waals surface area contributed by atoms with Crippen LogP contribution >= 0.6 is 0 Å². The summed E-state index contributed by atoms with van der Waals surface area (Å²) in [6.07, 6.45) is 0. The Labute approximate surface area is 129 Å². The van der Waals surface area contributed by atoms with Crippen molar-refractivity contribution in [1.82, 2.24) is 0 Å². The fraction of sp³-hybridized carbons (Fsp3) is 0.474. The highest BCUT2D eigenvalue weighted by Crippen LogP contribution is 2.15. The maximum Gasteiger partial charge on any atom is 0.0804 e. The van der Waals surface area contributed by atoms with Crippen LogP contribution in [0.1, 0.15) is 33.3 Å². The average Bonchev–Trinajstić information content (AvgIpc) is 2.48. The Morgan fingerprint density at radius 2 is 1.57 bits per heavy atom. The van der Waals surface area contributed by atoms with E-state index in [1.54, 1.807) is 0 Å². The van der Waals surface area contributed by atoms with Crippen LogP contribution in [-0.2, 0) is 11.3 Å². The molecule has 0 fully saturated rings. The van der Waals surface area contributed by atoms with Gasteiger partial charge >= 0.3 is 0 Å². The second kappa shape index (κ2) is 9.92. The third-order valence-corrected chi connectivity index (χ3v) is 2.91. The lowest BCUT2D eigenvalue weighted by atomic mass is 10.2. The van der Waals surface area contributed by atoms with Crippen molar-refractivity contribution < 1.29 is 4.74 Å². The van der Waals surface area contributed by atoms with E-state index in [-0.39, 0.29) is 0 Å². The van der Waals surface area contributed by atoms with Crippen LogP contribution in [0.4, 0.5) is 5.69 Å². The fourth-order valence-corrected chi connectivity index (χ4v) is 1.80. The highest BCUT2D eigenvalue weighted by Gasteiger charge is 2.04. The SMILES string of the molecule is CC#CCN(CC#CC)c1ccc(COCC(C)C)cc1. The zero-order valence-electron chi connectivity index (χ0n) is 13.6. The minimum absolute atomic E-state index is 0.569. The van der Waals surface area contributed by atoms with E-state index in [2.05, 4.69) is 66.7 Å². The van der Waals surface area contributed by atoms with Crippen LogP contribution in [0.5, 0.6) is 0 Å². The van der Waals surface area contributed by atoms with E-state index in [4.69, 9.17) is 4.74 Å². The normalized spacial score (nSPS) is 9.57. The summed E-state index contributed by atoms with van der Waals surface area (Å²) in [6, 6.07) is 8.45. The van der Waals surface area contributed by atoms with E-state index >= 15 is 0 Å². The van der Waals surface area contributed by atoms with Gasteiger partial charge in [0.2, 0.25) is 0 Å². The number of benzene rings is 1. The number of rotatable bonds is 7. The number of hydrogen-bond donors (Lipinski definition) is 0. The van der Waals surface area contributed by atoms with Gasteiger partial charge in [-0.05, 0) is 37.5 Å². The first kappa shape index (κ1) is 17.2. The van der Waals surface area contributed by atoms with Gasteiger partial charge in [0.15, 0.2) is 0 Å². The maximum absolute atomic E-state index is 5.65. The van der Waals surface area contributed by atoms with Crippen LogP contribution in [0.25, 0.3) is 0 Å². The van der Waals surface area contributed by atoms with E-state index in [0.29, 0.717) is 25.6 Å². The van der Waals surface area contributed by atoms with Gasteiger partial charge in [-0.15, -0.1) is 11.8 Å². The molecule has 0 unspecified atom stereocenters. The molecule has 0 saturated heterocycles. The Kier molecular flexibility index (Phi) is 8.10. The number of nitrogens with zero attached hydrogens (tertiary/aromatic N) is 1. The quantitative estimate of drug-likeness (QED) is 0.707. The lowest BCUT2D eigenvalue weighted by molar-refractivity contribution is 0.0971. The molecule has 0 N–H and O–H groups in total. The zero-order valence-corrected chi connectivity index (χ0v) is 13.6. The molecule has 0 aliphatic heterocycles. The highest BCUT2D eigenvalue weighted by molar-refractivity contribution is 5.49. The minimum Gasteiger partial charge on any atom is -0.377 e. The molecule has 0 heterocycles. The molecule has 1 rings (SSSR count). The van der Waals surface area contributed by atoms with E-state index in [0.717, 1.165) is 12.3 Å². The lowest BCUT2D eigenvalue weighted by Crippen LogP contribution is -2.23. The Hall–Kier alpha value is -1.90. The molecule has 21 heavy (non-hydrogen) atoms. The van der Waals surface area contributed by atoms with Crippen molar-refractivity contribution in [3.05, 3.63) is 29.8 Å². The predicted octanol–water partition coefficient (Wildman–Crippen LogP) is 3.71. The molecule has 0 atom stereocenters. The topological polar surface area (TPSA) is 12.5 Å². The first-order valence-electron chi connectivity index (χ1n) is 7.38. The van der Waals surface area contributed by atoms with Gasteiger partial charge < -0.3 is 9.64 Å². The first-order chi connectivity index (χ1) is 10.2. The Morgan fingerprint density at radius 3 is 2.05 bits per heavy atom. The summed E-state index contributed by atoms with van der Waals surface area (Å²) < 4.78 is 5.65.